The highest BCUT2D eigenvalue weighted by atomic mass is 79.9. The van der Waals surface area contributed by atoms with Crippen LogP contribution in [0.5, 0.6) is 0 Å². The van der Waals surface area contributed by atoms with Crippen LogP contribution in [0.1, 0.15) is 25.3 Å². The predicted octanol–water partition coefficient (Wildman–Crippen LogP) is 2.40. The summed E-state index contributed by atoms with van der Waals surface area (Å²) >= 11 is 3.41. The van der Waals surface area contributed by atoms with Gasteiger partial charge in [-0.2, -0.15) is 0 Å². The standard InChI is InChI=1S/C17H23BrN2O4/c1-11-8-13(5-6-15(11)18)20-16(21)9-19-17(22)12(2)24-10-14-4-3-7-23-14/h5-6,8,12,14H,3-4,7,9-10H2,1-2H3,(H,19,22)(H,20,21). The topological polar surface area (TPSA) is 76.7 Å². The second-order valence-electron chi connectivity index (χ2n) is 5.84. The highest BCUT2D eigenvalue weighted by molar-refractivity contribution is 9.10. The van der Waals surface area contributed by atoms with Crippen molar-refractivity contribution in [2.75, 3.05) is 25.1 Å². The van der Waals surface area contributed by atoms with Crippen LogP contribution in [-0.4, -0.2) is 43.8 Å². The molecule has 2 unspecified atom stereocenters. The van der Waals surface area contributed by atoms with Crippen molar-refractivity contribution in [3.05, 3.63) is 28.2 Å². The average Bonchev–Trinajstić information content (AvgIpc) is 3.07. The second kappa shape index (κ2) is 9.15. The number of rotatable bonds is 7. The molecule has 2 amide bonds. The van der Waals surface area contributed by atoms with E-state index in [0.29, 0.717) is 12.3 Å². The monoisotopic (exact) mass is 398 g/mol. The van der Waals surface area contributed by atoms with Gasteiger partial charge in [-0.25, -0.2) is 0 Å². The Labute approximate surface area is 150 Å². The van der Waals surface area contributed by atoms with E-state index in [4.69, 9.17) is 9.47 Å². The van der Waals surface area contributed by atoms with Gasteiger partial charge < -0.3 is 20.1 Å². The molecule has 0 bridgehead atoms. The Balaban J connectivity index is 1.69. The Hall–Kier alpha value is -1.44. The van der Waals surface area contributed by atoms with Crippen LogP contribution in [-0.2, 0) is 19.1 Å². The van der Waals surface area contributed by atoms with E-state index in [1.807, 2.05) is 19.1 Å². The zero-order valence-corrected chi connectivity index (χ0v) is 15.5. The molecule has 7 heteroatoms. The molecule has 1 aromatic rings. The molecule has 2 rings (SSSR count). The third kappa shape index (κ3) is 5.89. The number of amides is 2. The fraction of sp³-hybridized carbons (Fsp3) is 0.529. The van der Waals surface area contributed by atoms with Gasteiger partial charge in [0.1, 0.15) is 6.10 Å². The number of ether oxygens (including phenoxy) is 2. The quantitative estimate of drug-likeness (QED) is 0.738. The molecule has 132 valence electrons. The van der Waals surface area contributed by atoms with E-state index in [1.165, 1.54) is 0 Å². The number of hydrogen-bond donors (Lipinski definition) is 2. The number of anilines is 1. The Bertz CT molecular complexity index is 588. The molecule has 1 aromatic carbocycles. The van der Waals surface area contributed by atoms with E-state index in [2.05, 4.69) is 26.6 Å². The van der Waals surface area contributed by atoms with Gasteiger partial charge in [0.05, 0.1) is 19.3 Å². The molecule has 1 saturated heterocycles. The van der Waals surface area contributed by atoms with Gasteiger partial charge in [-0.3, -0.25) is 9.59 Å². The van der Waals surface area contributed by atoms with Crippen LogP contribution in [0.3, 0.4) is 0 Å². The van der Waals surface area contributed by atoms with Crippen LogP contribution in [0.15, 0.2) is 22.7 Å². The maximum absolute atomic E-state index is 11.9. The molecular weight excluding hydrogens is 376 g/mol. The zero-order valence-electron chi connectivity index (χ0n) is 13.9. The third-order valence-electron chi connectivity index (χ3n) is 3.79. The van der Waals surface area contributed by atoms with Gasteiger partial charge >= 0.3 is 0 Å². The average molecular weight is 399 g/mol. The van der Waals surface area contributed by atoms with Gasteiger partial charge in [0.15, 0.2) is 0 Å². The second-order valence-corrected chi connectivity index (χ2v) is 6.69. The Morgan fingerprint density at radius 1 is 1.46 bits per heavy atom. The van der Waals surface area contributed by atoms with Crippen molar-refractivity contribution in [3.63, 3.8) is 0 Å². The molecule has 0 radical (unpaired) electrons. The van der Waals surface area contributed by atoms with Crippen molar-refractivity contribution in [1.29, 1.82) is 0 Å². The summed E-state index contributed by atoms with van der Waals surface area (Å²) in [6.07, 6.45) is 1.45. The first-order valence-electron chi connectivity index (χ1n) is 8.02. The van der Waals surface area contributed by atoms with Gasteiger partial charge in [0.2, 0.25) is 11.8 Å². The number of hydrogen-bond acceptors (Lipinski definition) is 4. The Morgan fingerprint density at radius 2 is 2.25 bits per heavy atom. The van der Waals surface area contributed by atoms with E-state index in [-0.39, 0.29) is 24.5 Å². The van der Waals surface area contributed by atoms with Crippen LogP contribution in [0.2, 0.25) is 0 Å². The smallest absolute Gasteiger partial charge is 0.249 e. The number of aryl methyl sites for hydroxylation is 1. The first-order chi connectivity index (χ1) is 11.5. The van der Waals surface area contributed by atoms with Crippen molar-refractivity contribution in [3.8, 4) is 0 Å². The first-order valence-corrected chi connectivity index (χ1v) is 8.82. The van der Waals surface area contributed by atoms with Gasteiger partial charge in [0, 0.05) is 16.8 Å². The summed E-state index contributed by atoms with van der Waals surface area (Å²) in [6.45, 7) is 4.67. The molecule has 0 saturated carbocycles. The first kappa shape index (κ1) is 18.9. The van der Waals surface area contributed by atoms with Gasteiger partial charge in [0.25, 0.3) is 0 Å². The maximum Gasteiger partial charge on any atom is 0.249 e. The molecule has 0 aromatic heterocycles. The highest BCUT2D eigenvalue weighted by Crippen LogP contribution is 2.19. The molecule has 6 nitrogen and oxygen atoms in total. The fourth-order valence-electron chi connectivity index (χ4n) is 2.34. The predicted molar refractivity (Wildman–Crippen MR) is 94.9 cm³/mol. The van der Waals surface area contributed by atoms with E-state index >= 15 is 0 Å². The summed E-state index contributed by atoms with van der Waals surface area (Å²) in [4.78, 5) is 23.8. The Kier molecular flexibility index (Phi) is 7.20. The van der Waals surface area contributed by atoms with Crippen molar-refractivity contribution in [2.24, 2.45) is 0 Å². The zero-order chi connectivity index (χ0) is 17.5. The molecule has 2 atom stereocenters. The van der Waals surface area contributed by atoms with Crippen LogP contribution in [0.4, 0.5) is 5.69 Å². The van der Waals surface area contributed by atoms with Crippen LogP contribution < -0.4 is 10.6 Å². The summed E-state index contributed by atoms with van der Waals surface area (Å²) in [7, 11) is 0. The van der Waals surface area contributed by atoms with Crippen LogP contribution in [0, 0.1) is 6.92 Å². The summed E-state index contributed by atoms with van der Waals surface area (Å²) in [5, 5.41) is 5.32. The van der Waals surface area contributed by atoms with E-state index in [0.717, 1.165) is 29.5 Å². The highest BCUT2D eigenvalue weighted by Gasteiger charge is 2.20. The molecule has 0 aliphatic carbocycles. The number of nitrogens with one attached hydrogen (secondary N) is 2. The van der Waals surface area contributed by atoms with Crippen molar-refractivity contribution >= 4 is 33.4 Å². The lowest BCUT2D eigenvalue weighted by molar-refractivity contribution is -0.135. The molecule has 2 N–H and O–H groups in total. The lowest BCUT2D eigenvalue weighted by atomic mass is 10.2. The summed E-state index contributed by atoms with van der Waals surface area (Å²) < 4.78 is 11.9. The van der Waals surface area contributed by atoms with E-state index in [1.54, 1.807) is 13.0 Å². The van der Waals surface area contributed by atoms with Crippen molar-refractivity contribution < 1.29 is 19.1 Å². The largest absolute Gasteiger partial charge is 0.376 e. The molecule has 0 spiro atoms. The molecule has 24 heavy (non-hydrogen) atoms. The normalized spacial score (nSPS) is 18.2. The van der Waals surface area contributed by atoms with Gasteiger partial charge in [-0.15, -0.1) is 0 Å². The van der Waals surface area contributed by atoms with E-state index in [9.17, 15) is 9.59 Å². The third-order valence-corrected chi connectivity index (χ3v) is 4.68. The molecule has 1 aliphatic heterocycles. The van der Waals surface area contributed by atoms with Crippen molar-refractivity contribution in [2.45, 2.75) is 38.9 Å². The SMILES string of the molecule is Cc1cc(NC(=O)CNC(=O)C(C)OCC2CCCO2)ccc1Br. The van der Waals surface area contributed by atoms with Gasteiger partial charge in [-0.1, -0.05) is 15.9 Å². The van der Waals surface area contributed by atoms with Crippen LogP contribution >= 0.6 is 15.9 Å². The lowest BCUT2D eigenvalue weighted by Crippen LogP contribution is -2.40. The molecule has 1 fully saturated rings. The van der Waals surface area contributed by atoms with E-state index < -0.39 is 6.10 Å². The molecular formula is C17H23BrN2O4. The minimum absolute atomic E-state index is 0.0733. The molecule has 1 heterocycles. The molecule has 1 aliphatic rings. The Morgan fingerprint density at radius 3 is 2.92 bits per heavy atom. The fourth-order valence-corrected chi connectivity index (χ4v) is 2.59. The summed E-state index contributed by atoms with van der Waals surface area (Å²) in [5.41, 5.74) is 1.71. The number of carbonyl (C=O) groups excluding carboxylic acids is 2. The lowest BCUT2D eigenvalue weighted by Gasteiger charge is -2.16. The minimum atomic E-state index is -0.614. The number of halogens is 1. The minimum Gasteiger partial charge on any atom is -0.376 e. The van der Waals surface area contributed by atoms with Gasteiger partial charge in [-0.05, 0) is 50.5 Å². The summed E-state index contributed by atoms with van der Waals surface area (Å²) in [6, 6.07) is 5.52. The maximum atomic E-state index is 11.9. The number of benzene rings is 1. The van der Waals surface area contributed by atoms with Crippen molar-refractivity contribution in [1.82, 2.24) is 5.32 Å². The summed E-state index contributed by atoms with van der Waals surface area (Å²) in [5.74, 6) is -0.591. The number of carbonyl (C=O) groups is 2. The van der Waals surface area contributed by atoms with Crippen LogP contribution in [0.25, 0.3) is 0 Å².